The maximum Gasteiger partial charge on any atom is 0.0565 e. The Kier molecular flexibility index (Phi) is 2.28. The SMILES string of the molecule is S=C1CC=C(c2ccccc2)S1. The monoisotopic (exact) mass is 192 g/mol. The van der Waals surface area contributed by atoms with E-state index in [0.29, 0.717) is 0 Å². The third-order valence-electron chi connectivity index (χ3n) is 1.74. The van der Waals surface area contributed by atoms with Gasteiger partial charge in [0.25, 0.3) is 0 Å². The van der Waals surface area contributed by atoms with Crippen molar-refractivity contribution >= 4 is 33.1 Å². The molecule has 0 spiro atoms. The maximum absolute atomic E-state index is 5.11. The van der Waals surface area contributed by atoms with Gasteiger partial charge in [0.2, 0.25) is 0 Å². The number of hydrogen-bond donors (Lipinski definition) is 0. The van der Waals surface area contributed by atoms with Crippen LogP contribution in [0.2, 0.25) is 0 Å². The van der Waals surface area contributed by atoms with E-state index in [1.54, 1.807) is 11.8 Å². The first-order valence-electron chi connectivity index (χ1n) is 3.82. The molecular weight excluding hydrogens is 184 g/mol. The van der Waals surface area contributed by atoms with Gasteiger partial charge in [-0.2, -0.15) is 0 Å². The highest BCUT2D eigenvalue weighted by Crippen LogP contribution is 2.35. The molecule has 0 amide bonds. The molecule has 2 heteroatoms. The van der Waals surface area contributed by atoms with E-state index in [-0.39, 0.29) is 0 Å². The van der Waals surface area contributed by atoms with Gasteiger partial charge in [0.1, 0.15) is 0 Å². The highest BCUT2D eigenvalue weighted by atomic mass is 32.2. The predicted molar refractivity (Wildman–Crippen MR) is 59.2 cm³/mol. The standard InChI is InChI=1S/C10H8S2/c11-10-7-6-9(12-10)8-4-2-1-3-5-8/h1-6H,7H2. The average molecular weight is 192 g/mol. The van der Waals surface area contributed by atoms with Gasteiger partial charge in [-0.15, -0.1) is 0 Å². The zero-order valence-electron chi connectivity index (χ0n) is 6.49. The summed E-state index contributed by atoms with van der Waals surface area (Å²) in [6.45, 7) is 0. The van der Waals surface area contributed by atoms with Gasteiger partial charge < -0.3 is 0 Å². The fourth-order valence-electron chi connectivity index (χ4n) is 1.16. The van der Waals surface area contributed by atoms with Crippen LogP contribution in [0, 0.1) is 0 Å². The van der Waals surface area contributed by atoms with E-state index in [1.165, 1.54) is 10.5 Å². The lowest BCUT2D eigenvalue weighted by molar-refractivity contribution is 1.57. The molecule has 0 aliphatic carbocycles. The molecule has 0 nitrogen and oxygen atoms in total. The van der Waals surface area contributed by atoms with E-state index < -0.39 is 0 Å². The summed E-state index contributed by atoms with van der Waals surface area (Å²) in [6.07, 6.45) is 3.15. The summed E-state index contributed by atoms with van der Waals surface area (Å²) in [4.78, 5) is 1.31. The third kappa shape index (κ3) is 1.59. The first kappa shape index (κ1) is 8.02. The summed E-state index contributed by atoms with van der Waals surface area (Å²) >= 11 is 6.82. The zero-order valence-corrected chi connectivity index (χ0v) is 8.12. The zero-order chi connectivity index (χ0) is 8.39. The van der Waals surface area contributed by atoms with Crippen molar-refractivity contribution in [1.29, 1.82) is 0 Å². The molecule has 0 saturated heterocycles. The van der Waals surface area contributed by atoms with E-state index in [2.05, 4.69) is 30.3 Å². The molecule has 0 saturated carbocycles. The van der Waals surface area contributed by atoms with Gasteiger partial charge in [-0.25, -0.2) is 0 Å². The molecule has 0 radical (unpaired) electrons. The Morgan fingerprint density at radius 3 is 2.50 bits per heavy atom. The van der Waals surface area contributed by atoms with Gasteiger partial charge >= 0.3 is 0 Å². The molecule has 1 aliphatic rings. The topological polar surface area (TPSA) is 0 Å². The van der Waals surface area contributed by atoms with Crippen LogP contribution < -0.4 is 0 Å². The van der Waals surface area contributed by atoms with E-state index >= 15 is 0 Å². The Labute approximate surface area is 81.7 Å². The van der Waals surface area contributed by atoms with Crippen LogP contribution in [-0.2, 0) is 0 Å². The molecule has 0 fully saturated rings. The number of rotatable bonds is 1. The molecule has 1 heterocycles. The Hall–Kier alpha value is -0.600. The second kappa shape index (κ2) is 3.42. The minimum atomic E-state index is 0.949. The molecule has 0 bridgehead atoms. The molecule has 1 aliphatic heterocycles. The van der Waals surface area contributed by atoms with Crippen LogP contribution in [0.25, 0.3) is 4.91 Å². The molecular formula is C10H8S2. The smallest absolute Gasteiger partial charge is 0.0565 e. The van der Waals surface area contributed by atoms with Gasteiger partial charge in [0.15, 0.2) is 0 Å². The average Bonchev–Trinajstić information content (AvgIpc) is 2.54. The maximum atomic E-state index is 5.11. The van der Waals surface area contributed by atoms with E-state index in [9.17, 15) is 0 Å². The lowest BCUT2D eigenvalue weighted by Crippen LogP contribution is -1.76. The van der Waals surface area contributed by atoms with Gasteiger partial charge in [-0.3, -0.25) is 0 Å². The van der Waals surface area contributed by atoms with Gasteiger partial charge in [0.05, 0.1) is 4.20 Å². The summed E-state index contributed by atoms with van der Waals surface area (Å²) in [5.41, 5.74) is 1.28. The molecule has 1 aromatic rings. The van der Waals surface area contributed by atoms with Gasteiger partial charge in [0, 0.05) is 11.3 Å². The fraction of sp³-hybridized carbons (Fsp3) is 0.100. The molecule has 0 atom stereocenters. The Bertz CT molecular complexity index is 325. The third-order valence-corrected chi connectivity index (χ3v) is 3.17. The fourth-order valence-corrected chi connectivity index (χ4v) is 2.35. The predicted octanol–water partition coefficient (Wildman–Crippen LogP) is 3.49. The Balaban J connectivity index is 2.28. The number of thioether (sulfide) groups is 1. The molecule has 0 N–H and O–H groups in total. The van der Waals surface area contributed by atoms with Crippen LogP contribution in [-0.4, -0.2) is 4.20 Å². The first-order chi connectivity index (χ1) is 5.86. The number of thiocarbonyl (C=S) groups is 1. The second-order valence-corrected chi connectivity index (χ2v) is 4.50. The van der Waals surface area contributed by atoms with Crippen molar-refractivity contribution in [3.63, 3.8) is 0 Å². The van der Waals surface area contributed by atoms with Crippen molar-refractivity contribution < 1.29 is 0 Å². The first-order valence-corrected chi connectivity index (χ1v) is 5.05. The molecule has 60 valence electrons. The van der Waals surface area contributed by atoms with E-state index in [0.717, 1.165) is 10.6 Å². The molecule has 1 aromatic carbocycles. The van der Waals surface area contributed by atoms with Gasteiger partial charge in [-0.05, 0) is 5.56 Å². The second-order valence-electron chi connectivity index (χ2n) is 2.61. The van der Waals surface area contributed by atoms with Crippen LogP contribution in [0.3, 0.4) is 0 Å². The largest absolute Gasteiger partial charge is 0.0821 e. The van der Waals surface area contributed by atoms with Crippen LogP contribution in [0.4, 0.5) is 0 Å². The highest BCUT2D eigenvalue weighted by Gasteiger charge is 2.11. The van der Waals surface area contributed by atoms with Crippen molar-refractivity contribution in [2.24, 2.45) is 0 Å². The van der Waals surface area contributed by atoms with E-state index in [4.69, 9.17) is 12.2 Å². The molecule has 2 rings (SSSR count). The van der Waals surface area contributed by atoms with Crippen molar-refractivity contribution in [1.82, 2.24) is 0 Å². The highest BCUT2D eigenvalue weighted by molar-refractivity contribution is 8.29. The summed E-state index contributed by atoms with van der Waals surface area (Å²) in [5.74, 6) is 0. The molecule has 0 aromatic heterocycles. The normalized spacial score (nSPS) is 16.3. The van der Waals surface area contributed by atoms with E-state index in [1.807, 2.05) is 6.07 Å². The minimum absolute atomic E-state index is 0.949. The van der Waals surface area contributed by atoms with Crippen molar-refractivity contribution in [2.45, 2.75) is 6.42 Å². The number of hydrogen-bond acceptors (Lipinski definition) is 2. The van der Waals surface area contributed by atoms with Crippen molar-refractivity contribution in [2.75, 3.05) is 0 Å². The lowest BCUT2D eigenvalue weighted by atomic mass is 10.2. The van der Waals surface area contributed by atoms with Crippen molar-refractivity contribution in [3.8, 4) is 0 Å². The summed E-state index contributed by atoms with van der Waals surface area (Å²) < 4.78 is 1.08. The minimum Gasteiger partial charge on any atom is -0.0821 e. The van der Waals surface area contributed by atoms with Crippen molar-refractivity contribution in [3.05, 3.63) is 42.0 Å². The summed E-state index contributed by atoms with van der Waals surface area (Å²) in [5, 5.41) is 0. The quantitative estimate of drug-likeness (QED) is 0.625. The molecule has 0 unspecified atom stereocenters. The Morgan fingerprint density at radius 2 is 1.92 bits per heavy atom. The van der Waals surface area contributed by atoms with Gasteiger partial charge in [-0.1, -0.05) is 60.4 Å². The van der Waals surface area contributed by atoms with Crippen LogP contribution in [0.15, 0.2) is 36.4 Å². The number of allylic oxidation sites excluding steroid dienone is 1. The summed E-state index contributed by atoms with van der Waals surface area (Å²) in [6, 6.07) is 10.4. The Morgan fingerprint density at radius 1 is 1.17 bits per heavy atom. The van der Waals surface area contributed by atoms with Crippen LogP contribution in [0.5, 0.6) is 0 Å². The number of benzene rings is 1. The van der Waals surface area contributed by atoms with Crippen LogP contribution in [0.1, 0.15) is 12.0 Å². The lowest BCUT2D eigenvalue weighted by Gasteiger charge is -1.98. The molecule has 12 heavy (non-hydrogen) atoms. The van der Waals surface area contributed by atoms with Crippen LogP contribution >= 0.6 is 24.0 Å². The summed E-state index contributed by atoms with van der Waals surface area (Å²) in [7, 11) is 0.